The number of carbonyl (C=O) groups is 2. The van der Waals surface area contributed by atoms with Crippen molar-refractivity contribution in [3.05, 3.63) is 58.3 Å². The van der Waals surface area contributed by atoms with E-state index in [1.54, 1.807) is 24.3 Å². The fourth-order valence-corrected chi connectivity index (χ4v) is 4.60. The largest absolute Gasteiger partial charge is 0.465 e. The first-order chi connectivity index (χ1) is 13.6. The van der Waals surface area contributed by atoms with Gasteiger partial charge >= 0.3 is 5.97 Å². The highest BCUT2D eigenvalue weighted by Gasteiger charge is 2.39. The zero-order chi connectivity index (χ0) is 20.1. The molecular weight excluding hydrogens is 370 g/mol. The van der Waals surface area contributed by atoms with Gasteiger partial charge in [-0.05, 0) is 68.0 Å². The minimum atomic E-state index is -0.775. The Labute approximate surface area is 170 Å². The number of hydrogen-bond donors (Lipinski definition) is 0. The number of allylic oxidation sites excluding steroid dienone is 2. The van der Waals surface area contributed by atoms with E-state index in [4.69, 9.17) is 4.74 Å². The van der Waals surface area contributed by atoms with E-state index in [1.165, 1.54) is 0 Å². The van der Waals surface area contributed by atoms with Crippen LogP contribution in [-0.4, -0.2) is 31.4 Å². The van der Waals surface area contributed by atoms with Gasteiger partial charge in [0.2, 0.25) is 0 Å². The molecular formula is C23H27NO3S. The molecule has 28 heavy (non-hydrogen) atoms. The van der Waals surface area contributed by atoms with Crippen LogP contribution in [0.25, 0.3) is 5.57 Å². The molecule has 4 nitrogen and oxygen atoms in total. The van der Waals surface area contributed by atoms with Gasteiger partial charge in [-0.1, -0.05) is 18.2 Å². The van der Waals surface area contributed by atoms with Gasteiger partial charge in [0.15, 0.2) is 5.78 Å². The van der Waals surface area contributed by atoms with E-state index in [0.29, 0.717) is 6.42 Å². The molecule has 0 radical (unpaired) electrons. The number of nitrogens with zero attached hydrogens (tertiary/aromatic N) is 1. The number of anilines is 1. The molecule has 1 aliphatic rings. The van der Waals surface area contributed by atoms with Gasteiger partial charge in [-0.2, -0.15) is 0 Å². The molecule has 0 bridgehead atoms. The standard InChI is InChI=1S/C23H27NO3S/c1-4-24(5-2)18-11-9-16(10-12-18)19-14-17(21-8-7-13-28-21)15-20(25)22(19)23(26)27-6-3/h7-13,15,19,22H,4-6,14H2,1-3H3/t19-,22-/m0/s1. The molecule has 5 heteroatoms. The molecule has 0 saturated carbocycles. The maximum Gasteiger partial charge on any atom is 0.317 e. The van der Waals surface area contributed by atoms with Crippen molar-refractivity contribution in [3.8, 4) is 0 Å². The third kappa shape index (κ3) is 4.20. The molecule has 0 fully saturated rings. The Hall–Kier alpha value is -2.40. The molecule has 3 rings (SSSR count). The van der Waals surface area contributed by atoms with Crippen LogP contribution in [0.4, 0.5) is 5.69 Å². The van der Waals surface area contributed by atoms with Crippen LogP contribution >= 0.6 is 11.3 Å². The van der Waals surface area contributed by atoms with E-state index >= 15 is 0 Å². The average Bonchev–Trinajstić information content (AvgIpc) is 3.24. The second-order valence-corrected chi connectivity index (χ2v) is 7.80. The lowest BCUT2D eigenvalue weighted by Crippen LogP contribution is -2.34. The Kier molecular flexibility index (Phi) is 6.68. The quantitative estimate of drug-likeness (QED) is 0.492. The Bertz CT molecular complexity index is 835. The molecule has 2 aromatic rings. The highest BCUT2D eigenvalue weighted by molar-refractivity contribution is 7.11. The number of rotatable bonds is 7. The van der Waals surface area contributed by atoms with Crippen LogP contribution in [0.15, 0.2) is 47.9 Å². The lowest BCUT2D eigenvalue weighted by Gasteiger charge is -2.29. The van der Waals surface area contributed by atoms with Crippen LogP contribution in [0.2, 0.25) is 0 Å². The number of hydrogen-bond acceptors (Lipinski definition) is 5. The number of benzene rings is 1. The summed E-state index contributed by atoms with van der Waals surface area (Å²) in [7, 11) is 0. The summed E-state index contributed by atoms with van der Waals surface area (Å²) in [5, 5.41) is 2.01. The predicted octanol–water partition coefficient (Wildman–Crippen LogP) is 4.91. The average molecular weight is 398 g/mol. The SMILES string of the molecule is CCOC(=O)[C@@H]1C(=O)C=C(c2cccs2)C[C@H]1c1ccc(N(CC)CC)cc1. The third-order valence-corrected chi connectivity index (χ3v) is 6.24. The zero-order valence-corrected chi connectivity index (χ0v) is 17.5. The molecule has 0 N–H and O–H groups in total. The monoisotopic (exact) mass is 397 g/mol. The molecule has 148 valence electrons. The molecule has 1 aromatic carbocycles. The van der Waals surface area contributed by atoms with E-state index in [9.17, 15) is 9.59 Å². The predicted molar refractivity (Wildman–Crippen MR) is 115 cm³/mol. The summed E-state index contributed by atoms with van der Waals surface area (Å²) in [6.45, 7) is 8.19. The maximum atomic E-state index is 12.9. The van der Waals surface area contributed by atoms with Gasteiger partial charge in [0.05, 0.1) is 6.61 Å². The summed E-state index contributed by atoms with van der Waals surface area (Å²) in [5.41, 5.74) is 3.15. The van der Waals surface area contributed by atoms with Crippen molar-refractivity contribution in [2.24, 2.45) is 5.92 Å². The van der Waals surface area contributed by atoms with Gasteiger partial charge in [0, 0.05) is 29.6 Å². The Morgan fingerprint density at radius 3 is 2.43 bits per heavy atom. The van der Waals surface area contributed by atoms with Gasteiger partial charge in [-0.25, -0.2) is 0 Å². The second kappa shape index (κ2) is 9.20. The smallest absolute Gasteiger partial charge is 0.317 e. The number of ketones is 1. The molecule has 0 unspecified atom stereocenters. The Morgan fingerprint density at radius 2 is 1.86 bits per heavy atom. The van der Waals surface area contributed by atoms with Crippen molar-refractivity contribution in [1.29, 1.82) is 0 Å². The Balaban J connectivity index is 1.95. The number of thiophene rings is 1. The summed E-state index contributed by atoms with van der Waals surface area (Å²) in [6, 6.07) is 12.3. The molecule has 1 aliphatic carbocycles. The molecule has 0 saturated heterocycles. The summed E-state index contributed by atoms with van der Waals surface area (Å²) < 4.78 is 5.23. The van der Waals surface area contributed by atoms with Crippen molar-refractivity contribution in [2.75, 3.05) is 24.6 Å². The molecule has 1 aromatic heterocycles. The molecule has 2 atom stereocenters. The van der Waals surface area contributed by atoms with Gasteiger partial charge in [-0.3, -0.25) is 9.59 Å². The number of ether oxygens (including phenoxy) is 1. The van der Waals surface area contributed by atoms with Crippen molar-refractivity contribution in [1.82, 2.24) is 0 Å². The van der Waals surface area contributed by atoms with Gasteiger partial charge < -0.3 is 9.64 Å². The zero-order valence-electron chi connectivity index (χ0n) is 16.7. The second-order valence-electron chi connectivity index (χ2n) is 6.85. The molecule has 0 aliphatic heterocycles. The van der Waals surface area contributed by atoms with Crippen LogP contribution in [-0.2, 0) is 14.3 Å². The first-order valence-corrected chi connectivity index (χ1v) is 10.8. The number of esters is 1. The van der Waals surface area contributed by atoms with E-state index in [1.807, 2.05) is 17.5 Å². The molecule has 1 heterocycles. The number of carbonyl (C=O) groups excluding carboxylic acids is 2. The van der Waals surface area contributed by atoms with Crippen molar-refractivity contribution >= 4 is 34.3 Å². The van der Waals surface area contributed by atoms with E-state index in [-0.39, 0.29) is 18.3 Å². The lowest BCUT2D eigenvalue weighted by atomic mass is 9.74. The van der Waals surface area contributed by atoms with Gasteiger partial charge in [0.1, 0.15) is 5.92 Å². The summed E-state index contributed by atoms with van der Waals surface area (Å²) in [5.74, 6) is -1.57. The lowest BCUT2D eigenvalue weighted by molar-refractivity contribution is -0.151. The van der Waals surface area contributed by atoms with Crippen LogP contribution in [0.1, 0.15) is 43.6 Å². The maximum absolute atomic E-state index is 12.9. The highest BCUT2D eigenvalue weighted by atomic mass is 32.1. The van der Waals surface area contributed by atoms with Crippen LogP contribution in [0, 0.1) is 5.92 Å². The topological polar surface area (TPSA) is 46.6 Å². The van der Waals surface area contributed by atoms with Crippen molar-refractivity contribution in [2.45, 2.75) is 33.1 Å². The minimum Gasteiger partial charge on any atom is -0.465 e. The van der Waals surface area contributed by atoms with Crippen LogP contribution < -0.4 is 4.90 Å². The highest BCUT2D eigenvalue weighted by Crippen LogP contribution is 2.41. The van der Waals surface area contributed by atoms with E-state index < -0.39 is 11.9 Å². The molecule has 0 amide bonds. The van der Waals surface area contributed by atoms with Crippen molar-refractivity contribution in [3.63, 3.8) is 0 Å². The van der Waals surface area contributed by atoms with Crippen LogP contribution in [0.5, 0.6) is 0 Å². The van der Waals surface area contributed by atoms with E-state index in [0.717, 1.165) is 34.8 Å². The van der Waals surface area contributed by atoms with Crippen molar-refractivity contribution < 1.29 is 14.3 Å². The first-order valence-electron chi connectivity index (χ1n) is 9.88. The van der Waals surface area contributed by atoms with Crippen LogP contribution in [0.3, 0.4) is 0 Å². The van der Waals surface area contributed by atoms with E-state index in [2.05, 4.69) is 43.0 Å². The summed E-state index contributed by atoms with van der Waals surface area (Å²) in [4.78, 5) is 28.8. The first kappa shape index (κ1) is 20.3. The summed E-state index contributed by atoms with van der Waals surface area (Å²) in [6.07, 6.45) is 2.29. The minimum absolute atomic E-state index is 0.161. The Morgan fingerprint density at radius 1 is 1.14 bits per heavy atom. The fourth-order valence-electron chi connectivity index (χ4n) is 3.85. The van der Waals surface area contributed by atoms with Gasteiger partial charge in [0.25, 0.3) is 0 Å². The fraction of sp³-hybridized carbons (Fsp3) is 0.391. The molecule has 0 spiro atoms. The normalized spacial score (nSPS) is 19.2. The third-order valence-electron chi connectivity index (χ3n) is 5.29. The summed E-state index contributed by atoms with van der Waals surface area (Å²) >= 11 is 1.62. The van der Waals surface area contributed by atoms with Gasteiger partial charge in [-0.15, -0.1) is 11.3 Å².